The number of hydrogen-bond acceptors (Lipinski definition) is 7. The van der Waals surface area contributed by atoms with Crippen LogP contribution < -0.4 is 15.6 Å². The third-order valence-corrected chi connectivity index (χ3v) is 4.64. The highest BCUT2D eigenvalue weighted by Gasteiger charge is 2.16. The second-order valence-corrected chi connectivity index (χ2v) is 6.85. The molecule has 1 aromatic heterocycles. The first-order chi connectivity index (χ1) is 14.7. The van der Waals surface area contributed by atoms with E-state index < -0.39 is 0 Å². The minimum atomic E-state index is -0.369. The molecule has 0 radical (unpaired) electrons. The predicted octanol–water partition coefficient (Wildman–Crippen LogP) is 4.75. The Bertz CT molecular complexity index is 1020. The molecule has 0 amide bonds. The van der Waals surface area contributed by atoms with Crippen LogP contribution in [0.2, 0.25) is 0 Å². The van der Waals surface area contributed by atoms with Gasteiger partial charge < -0.3 is 10.2 Å². The molecule has 2 N–H and O–H groups in total. The van der Waals surface area contributed by atoms with Crippen molar-refractivity contribution in [3.63, 3.8) is 0 Å². The zero-order valence-corrected chi connectivity index (χ0v) is 17.4. The van der Waals surface area contributed by atoms with E-state index in [0.717, 1.165) is 25.9 Å². The monoisotopic (exact) mass is 445 g/mol. The molecule has 10 heteroatoms. The van der Waals surface area contributed by atoms with E-state index in [0.29, 0.717) is 23.1 Å². The van der Waals surface area contributed by atoms with Gasteiger partial charge in [0.25, 0.3) is 0 Å². The van der Waals surface area contributed by atoms with Crippen LogP contribution in [0.4, 0.5) is 32.3 Å². The number of nitrogens with zero attached hydrogens (tertiary/aromatic N) is 5. The van der Waals surface area contributed by atoms with Gasteiger partial charge in [-0.15, -0.1) is 12.4 Å². The van der Waals surface area contributed by atoms with Crippen LogP contribution in [0.15, 0.2) is 53.6 Å². The first kappa shape index (κ1) is 22.4. The van der Waals surface area contributed by atoms with Crippen molar-refractivity contribution in [2.45, 2.75) is 19.3 Å². The highest BCUT2D eigenvalue weighted by atomic mass is 35.5. The zero-order valence-electron chi connectivity index (χ0n) is 16.6. The predicted molar refractivity (Wildman–Crippen MR) is 120 cm³/mol. The molecular formula is C21H22ClF2N7. The van der Waals surface area contributed by atoms with Crippen molar-refractivity contribution in [1.82, 2.24) is 15.0 Å². The number of hydrogen-bond donors (Lipinski definition) is 2. The van der Waals surface area contributed by atoms with Crippen LogP contribution in [0.5, 0.6) is 0 Å². The molecular weight excluding hydrogens is 424 g/mol. The lowest BCUT2D eigenvalue weighted by molar-refractivity contribution is 0.568. The highest BCUT2D eigenvalue weighted by molar-refractivity contribution is 5.85. The number of piperidine rings is 1. The molecule has 162 valence electrons. The van der Waals surface area contributed by atoms with Crippen LogP contribution >= 0.6 is 12.4 Å². The van der Waals surface area contributed by atoms with Crippen LogP contribution in [0.1, 0.15) is 24.8 Å². The molecule has 2 aromatic carbocycles. The highest BCUT2D eigenvalue weighted by Crippen LogP contribution is 2.21. The molecule has 3 aromatic rings. The second kappa shape index (κ2) is 10.6. The summed E-state index contributed by atoms with van der Waals surface area (Å²) in [6.45, 7) is 1.72. The molecule has 0 saturated carbocycles. The van der Waals surface area contributed by atoms with Gasteiger partial charge in [0.15, 0.2) is 0 Å². The Kier molecular flexibility index (Phi) is 7.66. The summed E-state index contributed by atoms with van der Waals surface area (Å²) in [6.07, 6.45) is 4.69. The maximum Gasteiger partial charge on any atom is 0.250 e. The van der Waals surface area contributed by atoms with Gasteiger partial charge in [-0.05, 0) is 49.6 Å². The van der Waals surface area contributed by atoms with E-state index in [4.69, 9.17) is 0 Å². The molecule has 0 aliphatic carbocycles. The molecule has 2 heterocycles. The fourth-order valence-electron chi connectivity index (χ4n) is 3.11. The van der Waals surface area contributed by atoms with E-state index in [1.807, 2.05) is 0 Å². The van der Waals surface area contributed by atoms with Gasteiger partial charge in [0.05, 0.1) is 6.21 Å². The van der Waals surface area contributed by atoms with E-state index >= 15 is 0 Å². The average molecular weight is 446 g/mol. The Morgan fingerprint density at radius 3 is 2.32 bits per heavy atom. The molecule has 7 nitrogen and oxygen atoms in total. The largest absolute Gasteiger partial charge is 0.341 e. The Morgan fingerprint density at radius 2 is 1.58 bits per heavy atom. The van der Waals surface area contributed by atoms with Crippen LogP contribution in [-0.2, 0) is 0 Å². The summed E-state index contributed by atoms with van der Waals surface area (Å²) in [5.41, 5.74) is 3.74. The van der Waals surface area contributed by atoms with Crippen molar-refractivity contribution in [1.29, 1.82) is 0 Å². The first-order valence-corrected chi connectivity index (χ1v) is 9.74. The summed E-state index contributed by atoms with van der Waals surface area (Å²) in [5.74, 6) is 0.364. The van der Waals surface area contributed by atoms with Crippen molar-refractivity contribution >= 4 is 42.2 Å². The number of benzene rings is 2. The van der Waals surface area contributed by atoms with Crippen molar-refractivity contribution in [2.75, 3.05) is 28.7 Å². The molecule has 1 saturated heterocycles. The van der Waals surface area contributed by atoms with Crippen molar-refractivity contribution in [3.05, 3.63) is 65.7 Å². The van der Waals surface area contributed by atoms with Gasteiger partial charge in [-0.2, -0.15) is 20.1 Å². The van der Waals surface area contributed by atoms with Crippen molar-refractivity contribution < 1.29 is 8.78 Å². The van der Waals surface area contributed by atoms with E-state index in [-0.39, 0.29) is 30.0 Å². The Labute approximate surface area is 185 Å². The topological polar surface area (TPSA) is 78.3 Å². The average Bonchev–Trinajstić information content (AvgIpc) is 2.77. The van der Waals surface area contributed by atoms with Gasteiger partial charge in [-0.3, -0.25) is 0 Å². The van der Waals surface area contributed by atoms with Gasteiger partial charge in [0.1, 0.15) is 11.6 Å². The maximum atomic E-state index is 13.8. The van der Waals surface area contributed by atoms with Gasteiger partial charge >= 0.3 is 0 Å². The molecule has 1 aliphatic rings. The number of anilines is 4. The standard InChI is InChI=1S/C21H21F2N7.ClH/c22-16-8-10-17(11-9-16)25-19-26-20(28-21(27-19)30-12-4-1-5-13-30)29-24-14-15-6-2-3-7-18(15)23;/h2-3,6-11,14H,1,4-5,12-13H2,(H2,25,26,27,28,29);1H/b24-14+;. The number of aromatic nitrogens is 3. The molecule has 0 spiro atoms. The zero-order chi connectivity index (χ0) is 20.8. The number of hydrazone groups is 1. The van der Waals surface area contributed by atoms with Gasteiger partial charge in [0.2, 0.25) is 17.8 Å². The third kappa shape index (κ3) is 6.08. The van der Waals surface area contributed by atoms with Gasteiger partial charge in [-0.1, -0.05) is 18.2 Å². The lowest BCUT2D eigenvalue weighted by Crippen LogP contribution is -2.31. The minimum absolute atomic E-state index is 0. The molecule has 0 atom stereocenters. The number of halogens is 3. The van der Waals surface area contributed by atoms with Gasteiger partial charge in [-0.25, -0.2) is 14.2 Å². The van der Waals surface area contributed by atoms with Crippen LogP contribution in [-0.4, -0.2) is 34.3 Å². The summed E-state index contributed by atoms with van der Waals surface area (Å²) in [6, 6.07) is 12.2. The first-order valence-electron chi connectivity index (χ1n) is 9.74. The second-order valence-electron chi connectivity index (χ2n) is 6.85. The molecule has 4 rings (SSSR count). The summed E-state index contributed by atoms with van der Waals surface area (Å²) in [7, 11) is 0. The minimum Gasteiger partial charge on any atom is -0.341 e. The van der Waals surface area contributed by atoms with E-state index in [1.54, 1.807) is 30.3 Å². The third-order valence-electron chi connectivity index (χ3n) is 4.64. The number of rotatable bonds is 6. The van der Waals surface area contributed by atoms with Crippen LogP contribution in [0, 0.1) is 11.6 Å². The Balaban J connectivity index is 0.00000272. The molecule has 0 bridgehead atoms. The van der Waals surface area contributed by atoms with E-state index in [2.05, 4.69) is 35.7 Å². The van der Waals surface area contributed by atoms with Crippen LogP contribution in [0.25, 0.3) is 0 Å². The SMILES string of the molecule is Cl.Fc1ccc(Nc2nc(N/N=C/c3ccccc3F)nc(N3CCCCC3)n2)cc1. The molecule has 31 heavy (non-hydrogen) atoms. The Hall–Kier alpha value is -3.33. The lowest BCUT2D eigenvalue weighted by Gasteiger charge is -2.26. The van der Waals surface area contributed by atoms with Crippen molar-refractivity contribution in [2.24, 2.45) is 5.10 Å². The van der Waals surface area contributed by atoms with E-state index in [9.17, 15) is 8.78 Å². The normalized spacial score (nSPS) is 13.7. The smallest absolute Gasteiger partial charge is 0.250 e. The fraction of sp³-hybridized carbons (Fsp3) is 0.238. The molecule has 1 fully saturated rings. The van der Waals surface area contributed by atoms with Crippen LogP contribution in [0.3, 0.4) is 0 Å². The quantitative estimate of drug-likeness (QED) is 0.421. The van der Waals surface area contributed by atoms with Crippen molar-refractivity contribution in [3.8, 4) is 0 Å². The Morgan fingerprint density at radius 1 is 0.871 bits per heavy atom. The summed E-state index contributed by atoms with van der Waals surface area (Å²) >= 11 is 0. The molecule has 0 unspecified atom stereocenters. The van der Waals surface area contributed by atoms with Gasteiger partial charge in [0, 0.05) is 24.3 Å². The maximum absolute atomic E-state index is 13.8. The lowest BCUT2D eigenvalue weighted by atomic mass is 10.1. The fourth-order valence-corrected chi connectivity index (χ4v) is 3.11. The summed E-state index contributed by atoms with van der Waals surface area (Å²) < 4.78 is 26.9. The van der Waals surface area contributed by atoms with E-state index in [1.165, 1.54) is 30.8 Å². The number of nitrogens with one attached hydrogen (secondary N) is 2. The molecule has 1 aliphatic heterocycles. The summed E-state index contributed by atoms with van der Waals surface area (Å²) in [4.78, 5) is 15.4. The summed E-state index contributed by atoms with van der Waals surface area (Å²) in [5, 5.41) is 7.12.